The highest BCUT2D eigenvalue weighted by Crippen LogP contribution is 2.11. The van der Waals surface area contributed by atoms with E-state index < -0.39 is 5.82 Å². The summed E-state index contributed by atoms with van der Waals surface area (Å²) in [6.45, 7) is 0. The molecule has 46 valence electrons. The van der Waals surface area contributed by atoms with Crippen LogP contribution >= 0.6 is 0 Å². The Balaban J connectivity index is 3.07. The SMILES string of the molecule is O=C=Nc1[nH]ccc1F. The summed E-state index contributed by atoms with van der Waals surface area (Å²) in [6.07, 6.45) is 2.57. The third kappa shape index (κ3) is 1.03. The van der Waals surface area contributed by atoms with Gasteiger partial charge in [0.15, 0.2) is 11.6 Å². The van der Waals surface area contributed by atoms with Crippen molar-refractivity contribution in [3.8, 4) is 0 Å². The van der Waals surface area contributed by atoms with Gasteiger partial charge in [0, 0.05) is 6.20 Å². The van der Waals surface area contributed by atoms with Gasteiger partial charge in [-0.3, -0.25) is 0 Å². The van der Waals surface area contributed by atoms with Crippen molar-refractivity contribution in [1.82, 2.24) is 4.98 Å². The van der Waals surface area contributed by atoms with Gasteiger partial charge in [0.25, 0.3) is 0 Å². The van der Waals surface area contributed by atoms with Crippen LogP contribution in [0.1, 0.15) is 0 Å². The zero-order valence-electron chi connectivity index (χ0n) is 4.39. The Morgan fingerprint density at radius 1 is 1.78 bits per heavy atom. The van der Waals surface area contributed by atoms with Crippen LogP contribution in [0.4, 0.5) is 10.2 Å². The molecule has 1 heterocycles. The van der Waals surface area contributed by atoms with Crippen molar-refractivity contribution in [2.75, 3.05) is 0 Å². The molecule has 0 atom stereocenters. The van der Waals surface area contributed by atoms with E-state index in [2.05, 4.69) is 9.98 Å². The predicted molar refractivity (Wildman–Crippen MR) is 28.5 cm³/mol. The van der Waals surface area contributed by atoms with E-state index in [1.165, 1.54) is 18.3 Å². The average molecular weight is 126 g/mol. The second-order valence-corrected chi connectivity index (χ2v) is 1.38. The van der Waals surface area contributed by atoms with Gasteiger partial charge in [0.1, 0.15) is 0 Å². The summed E-state index contributed by atoms with van der Waals surface area (Å²) in [5.74, 6) is -0.622. The Morgan fingerprint density at radius 2 is 2.56 bits per heavy atom. The first-order valence-corrected chi connectivity index (χ1v) is 2.25. The van der Waals surface area contributed by atoms with Gasteiger partial charge in [-0.05, 0) is 6.07 Å². The van der Waals surface area contributed by atoms with Crippen LogP contribution in [-0.4, -0.2) is 11.1 Å². The zero-order chi connectivity index (χ0) is 6.69. The van der Waals surface area contributed by atoms with Crippen molar-refractivity contribution >= 4 is 11.9 Å². The van der Waals surface area contributed by atoms with Crippen LogP contribution < -0.4 is 0 Å². The lowest BCUT2D eigenvalue weighted by atomic mass is 10.6. The Labute approximate surface area is 50.2 Å². The van der Waals surface area contributed by atoms with Gasteiger partial charge < -0.3 is 4.98 Å². The molecule has 0 aliphatic carbocycles. The topological polar surface area (TPSA) is 45.2 Å². The molecule has 0 spiro atoms. The normalized spacial score (nSPS) is 8.56. The Morgan fingerprint density at radius 3 is 3.00 bits per heavy atom. The minimum atomic E-state index is -0.543. The first kappa shape index (κ1) is 5.72. The fourth-order valence-corrected chi connectivity index (χ4v) is 0.473. The second-order valence-electron chi connectivity index (χ2n) is 1.38. The Kier molecular flexibility index (Phi) is 1.42. The van der Waals surface area contributed by atoms with Gasteiger partial charge in [-0.2, -0.15) is 0 Å². The number of nitrogens with one attached hydrogen (secondary N) is 1. The fourth-order valence-electron chi connectivity index (χ4n) is 0.473. The van der Waals surface area contributed by atoms with Gasteiger partial charge in [-0.25, -0.2) is 9.18 Å². The quantitative estimate of drug-likeness (QED) is 0.444. The molecule has 0 radical (unpaired) electrons. The van der Waals surface area contributed by atoms with E-state index in [1.807, 2.05) is 0 Å². The maximum absolute atomic E-state index is 12.2. The van der Waals surface area contributed by atoms with Crippen molar-refractivity contribution in [3.05, 3.63) is 18.1 Å². The summed E-state index contributed by atoms with van der Waals surface area (Å²) in [4.78, 5) is 15.0. The summed E-state index contributed by atoms with van der Waals surface area (Å²) in [5.41, 5.74) is 0. The highest BCUT2D eigenvalue weighted by Gasteiger charge is 1.97. The van der Waals surface area contributed by atoms with Crippen LogP contribution in [0.3, 0.4) is 0 Å². The molecule has 0 bridgehead atoms. The first-order chi connectivity index (χ1) is 4.34. The molecule has 1 N–H and O–H groups in total. The highest BCUT2D eigenvalue weighted by molar-refractivity contribution is 5.44. The van der Waals surface area contributed by atoms with Gasteiger partial charge in [-0.15, -0.1) is 4.99 Å². The molecule has 1 rings (SSSR count). The molecule has 0 saturated carbocycles. The smallest absolute Gasteiger partial charge is 0.242 e. The number of aromatic amines is 1. The van der Waals surface area contributed by atoms with Crippen LogP contribution in [-0.2, 0) is 4.79 Å². The fraction of sp³-hybridized carbons (Fsp3) is 0. The van der Waals surface area contributed by atoms with E-state index in [4.69, 9.17) is 0 Å². The third-order valence-electron chi connectivity index (χ3n) is 0.833. The number of rotatable bonds is 1. The lowest BCUT2D eigenvalue weighted by molar-refractivity contribution is 0.564. The van der Waals surface area contributed by atoms with Gasteiger partial charge in [0.05, 0.1) is 0 Å². The van der Waals surface area contributed by atoms with Gasteiger partial charge in [-0.1, -0.05) is 0 Å². The van der Waals surface area contributed by atoms with Crippen molar-refractivity contribution < 1.29 is 9.18 Å². The molecular weight excluding hydrogens is 123 g/mol. The molecule has 4 heteroatoms. The number of aromatic nitrogens is 1. The van der Waals surface area contributed by atoms with E-state index in [9.17, 15) is 9.18 Å². The summed E-state index contributed by atoms with van der Waals surface area (Å²) < 4.78 is 12.2. The molecule has 1 aromatic heterocycles. The molecule has 0 saturated heterocycles. The maximum atomic E-state index is 12.2. The molecule has 9 heavy (non-hydrogen) atoms. The lowest BCUT2D eigenvalue weighted by Crippen LogP contribution is -1.64. The van der Waals surface area contributed by atoms with E-state index >= 15 is 0 Å². The first-order valence-electron chi connectivity index (χ1n) is 2.25. The van der Waals surface area contributed by atoms with Crippen LogP contribution in [0.25, 0.3) is 0 Å². The monoisotopic (exact) mass is 126 g/mol. The molecule has 0 aliphatic heterocycles. The molecule has 0 unspecified atom stereocenters. The largest absolute Gasteiger partial charge is 0.343 e. The number of aliphatic imine (C=N–C) groups is 1. The third-order valence-corrected chi connectivity index (χ3v) is 0.833. The van der Waals surface area contributed by atoms with Gasteiger partial charge >= 0.3 is 0 Å². The zero-order valence-corrected chi connectivity index (χ0v) is 4.39. The molecule has 1 aromatic rings. The molecule has 0 amide bonds. The highest BCUT2D eigenvalue weighted by atomic mass is 19.1. The maximum Gasteiger partial charge on any atom is 0.242 e. The van der Waals surface area contributed by atoms with E-state index in [-0.39, 0.29) is 5.82 Å². The van der Waals surface area contributed by atoms with Crippen LogP contribution in [0.5, 0.6) is 0 Å². The number of H-pyrrole nitrogens is 1. The molecule has 0 fully saturated rings. The summed E-state index contributed by atoms with van der Waals surface area (Å²) >= 11 is 0. The van der Waals surface area contributed by atoms with E-state index in [1.54, 1.807) is 0 Å². The van der Waals surface area contributed by atoms with Crippen molar-refractivity contribution in [1.29, 1.82) is 0 Å². The van der Waals surface area contributed by atoms with Crippen LogP contribution in [0, 0.1) is 5.82 Å². The molecule has 3 nitrogen and oxygen atoms in total. The summed E-state index contributed by atoms with van der Waals surface area (Å²) in [7, 11) is 0. The Hall–Kier alpha value is -1.41. The van der Waals surface area contributed by atoms with Crippen LogP contribution in [0.2, 0.25) is 0 Å². The standard InChI is InChI=1S/C5H3FN2O/c6-4-1-2-7-5(4)8-3-9/h1-2,7H. The van der Waals surface area contributed by atoms with Crippen molar-refractivity contribution in [2.45, 2.75) is 0 Å². The lowest BCUT2D eigenvalue weighted by Gasteiger charge is -1.77. The number of hydrogen-bond donors (Lipinski definition) is 1. The van der Waals surface area contributed by atoms with E-state index in [0.29, 0.717) is 0 Å². The van der Waals surface area contributed by atoms with Crippen molar-refractivity contribution in [2.24, 2.45) is 4.99 Å². The average Bonchev–Trinajstić information content (AvgIpc) is 2.18. The number of hydrogen-bond acceptors (Lipinski definition) is 2. The predicted octanol–water partition coefficient (Wildman–Crippen LogP) is 1.12. The summed E-state index contributed by atoms with van der Waals surface area (Å²) in [6, 6.07) is 1.18. The second kappa shape index (κ2) is 2.24. The molecular formula is C5H3FN2O. The van der Waals surface area contributed by atoms with Crippen molar-refractivity contribution in [3.63, 3.8) is 0 Å². The molecule has 0 aliphatic rings. The summed E-state index contributed by atoms with van der Waals surface area (Å²) in [5, 5.41) is 0. The number of nitrogens with zero attached hydrogens (tertiary/aromatic N) is 1. The minimum absolute atomic E-state index is 0.0787. The van der Waals surface area contributed by atoms with Crippen LogP contribution in [0.15, 0.2) is 17.3 Å². The number of carbonyl (C=O) groups excluding carboxylic acids is 1. The number of isocyanates is 1. The Bertz CT molecular complexity index is 249. The van der Waals surface area contributed by atoms with E-state index in [0.717, 1.165) is 0 Å². The number of halogens is 1. The van der Waals surface area contributed by atoms with Gasteiger partial charge in [0.2, 0.25) is 6.08 Å². The molecule has 0 aromatic carbocycles. The minimum Gasteiger partial charge on any atom is -0.343 e.